The van der Waals surface area contributed by atoms with Crippen LogP contribution in [0.4, 0.5) is 5.69 Å². The fourth-order valence-corrected chi connectivity index (χ4v) is 2.49. The highest BCUT2D eigenvalue weighted by atomic mass is 16.7. The van der Waals surface area contributed by atoms with Crippen molar-refractivity contribution in [2.45, 2.75) is 19.9 Å². The molecule has 5 heteroatoms. The Labute approximate surface area is 135 Å². The summed E-state index contributed by atoms with van der Waals surface area (Å²) in [7, 11) is 0. The quantitative estimate of drug-likeness (QED) is 0.861. The van der Waals surface area contributed by atoms with Crippen molar-refractivity contribution in [1.82, 2.24) is 5.32 Å². The second-order valence-electron chi connectivity index (χ2n) is 5.33. The number of ether oxygens (including phenoxy) is 2. The summed E-state index contributed by atoms with van der Waals surface area (Å²) in [4.78, 5) is 12.0. The van der Waals surface area contributed by atoms with Crippen LogP contribution >= 0.6 is 0 Å². The lowest BCUT2D eigenvalue weighted by molar-refractivity contribution is -0.119. The number of hydrogen-bond acceptors (Lipinski definition) is 4. The van der Waals surface area contributed by atoms with Gasteiger partial charge in [-0.05, 0) is 35.7 Å². The van der Waals surface area contributed by atoms with Gasteiger partial charge in [-0.2, -0.15) is 0 Å². The highest BCUT2D eigenvalue weighted by Crippen LogP contribution is 2.32. The van der Waals surface area contributed by atoms with Crippen molar-refractivity contribution >= 4 is 11.6 Å². The van der Waals surface area contributed by atoms with Crippen LogP contribution in [0.5, 0.6) is 11.5 Å². The summed E-state index contributed by atoms with van der Waals surface area (Å²) in [5.74, 6) is 1.43. The second kappa shape index (κ2) is 7.05. The minimum absolute atomic E-state index is 0.0476. The van der Waals surface area contributed by atoms with Crippen molar-refractivity contribution < 1.29 is 14.3 Å². The number of hydrogen-bond donors (Lipinski definition) is 2. The Morgan fingerprint density at radius 2 is 1.96 bits per heavy atom. The van der Waals surface area contributed by atoms with Crippen LogP contribution in [-0.2, 0) is 17.8 Å². The van der Waals surface area contributed by atoms with E-state index in [1.54, 1.807) is 0 Å². The maximum Gasteiger partial charge on any atom is 0.239 e. The highest BCUT2D eigenvalue weighted by Gasteiger charge is 2.13. The molecule has 0 saturated carbocycles. The van der Waals surface area contributed by atoms with E-state index in [-0.39, 0.29) is 19.2 Å². The molecule has 0 aliphatic carbocycles. The molecule has 2 N–H and O–H groups in total. The number of para-hydroxylation sites is 1. The van der Waals surface area contributed by atoms with Crippen molar-refractivity contribution in [1.29, 1.82) is 0 Å². The standard InChI is InChI=1S/C18H20N2O3/c1-2-14-5-3-4-6-15(14)19-11-18(21)20-10-13-7-8-16-17(9-13)23-12-22-16/h3-9,19H,2,10-12H2,1H3,(H,20,21). The summed E-state index contributed by atoms with van der Waals surface area (Å²) < 4.78 is 10.6. The molecule has 5 nitrogen and oxygen atoms in total. The molecule has 0 spiro atoms. The van der Waals surface area contributed by atoms with Gasteiger partial charge >= 0.3 is 0 Å². The van der Waals surface area contributed by atoms with Crippen molar-refractivity contribution in [3.05, 3.63) is 53.6 Å². The number of fused-ring (bicyclic) bond motifs is 1. The minimum atomic E-state index is -0.0476. The van der Waals surface area contributed by atoms with E-state index in [4.69, 9.17) is 9.47 Å². The maximum absolute atomic E-state index is 12.0. The first-order valence-electron chi connectivity index (χ1n) is 7.73. The molecule has 0 bridgehead atoms. The molecule has 3 rings (SSSR count). The maximum atomic E-state index is 12.0. The van der Waals surface area contributed by atoms with Crippen LogP contribution in [0.15, 0.2) is 42.5 Å². The second-order valence-corrected chi connectivity index (χ2v) is 5.33. The molecule has 23 heavy (non-hydrogen) atoms. The lowest BCUT2D eigenvalue weighted by atomic mass is 10.1. The third-order valence-electron chi connectivity index (χ3n) is 3.76. The molecule has 0 aromatic heterocycles. The first-order chi connectivity index (χ1) is 11.3. The largest absolute Gasteiger partial charge is 0.454 e. The Hall–Kier alpha value is -2.69. The molecule has 1 heterocycles. The molecule has 0 atom stereocenters. The first kappa shape index (κ1) is 15.2. The summed E-state index contributed by atoms with van der Waals surface area (Å²) >= 11 is 0. The van der Waals surface area contributed by atoms with Crippen LogP contribution < -0.4 is 20.1 Å². The molecule has 0 fully saturated rings. The molecule has 0 radical (unpaired) electrons. The third kappa shape index (κ3) is 3.74. The number of anilines is 1. The van der Waals surface area contributed by atoms with Gasteiger partial charge in [-0.1, -0.05) is 31.2 Å². The zero-order valence-electron chi connectivity index (χ0n) is 13.1. The topological polar surface area (TPSA) is 59.6 Å². The fraction of sp³-hybridized carbons (Fsp3) is 0.278. The van der Waals surface area contributed by atoms with Crippen molar-refractivity contribution in [2.24, 2.45) is 0 Å². The molecule has 1 amide bonds. The van der Waals surface area contributed by atoms with E-state index in [2.05, 4.69) is 23.6 Å². The normalized spacial score (nSPS) is 12.0. The monoisotopic (exact) mass is 312 g/mol. The number of carbonyl (C=O) groups excluding carboxylic acids is 1. The van der Waals surface area contributed by atoms with Crippen LogP contribution in [0.3, 0.4) is 0 Å². The van der Waals surface area contributed by atoms with Gasteiger partial charge in [-0.15, -0.1) is 0 Å². The predicted molar refractivity (Wildman–Crippen MR) is 88.7 cm³/mol. The Balaban J connectivity index is 1.50. The van der Waals surface area contributed by atoms with E-state index < -0.39 is 0 Å². The molecule has 120 valence electrons. The summed E-state index contributed by atoms with van der Waals surface area (Å²) in [6.45, 7) is 3.07. The Bertz CT molecular complexity index is 700. The van der Waals surface area contributed by atoms with Crippen LogP contribution in [0.1, 0.15) is 18.1 Å². The molecule has 2 aromatic carbocycles. The molecule has 2 aromatic rings. The van der Waals surface area contributed by atoms with Gasteiger partial charge in [0.05, 0.1) is 6.54 Å². The number of rotatable bonds is 6. The zero-order chi connectivity index (χ0) is 16.1. The van der Waals surface area contributed by atoms with E-state index in [9.17, 15) is 4.79 Å². The Morgan fingerprint density at radius 1 is 1.13 bits per heavy atom. The lowest BCUT2D eigenvalue weighted by Gasteiger charge is -2.11. The van der Waals surface area contributed by atoms with Crippen molar-refractivity contribution in [3.63, 3.8) is 0 Å². The van der Waals surface area contributed by atoms with Crippen LogP contribution in [0, 0.1) is 0 Å². The van der Waals surface area contributed by atoms with Gasteiger partial charge in [-0.25, -0.2) is 0 Å². The van der Waals surface area contributed by atoms with Crippen molar-refractivity contribution in [3.8, 4) is 11.5 Å². The van der Waals surface area contributed by atoms with Gasteiger partial charge in [0.15, 0.2) is 11.5 Å². The fourth-order valence-electron chi connectivity index (χ4n) is 2.49. The van der Waals surface area contributed by atoms with E-state index in [1.165, 1.54) is 5.56 Å². The van der Waals surface area contributed by atoms with E-state index >= 15 is 0 Å². The number of carbonyl (C=O) groups is 1. The van der Waals surface area contributed by atoms with Crippen molar-refractivity contribution in [2.75, 3.05) is 18.7 Å². The predicted octanol–water partition coefficient (Wildman–Crippen LogP) is 2.71. The molecule has 1 aliphatic heterocycles. The summed E-state index contributed by atoms with van der Waals surface area (Å²) in [5.41, 5.74) is 3.20. The molecular weight excluding hydrogens is 292 g/mol. The van der Waals surface area contributed by atoms with E-state index in [1.807, 2.05) is 36.4 Å². The Morgan fingerprint density at radius 3 is 2.83 bits per heavy atom. The number of amides is 1. The Kier molecular flexibility index (Phi) is 4.66. The van der Waals surface area contributed by atoms with Gasteiger partial charge in [0.2, 0.25) is 12.7 Å². The minimum Gasteiger partial charge on any atom is -0.454 e. The summed E-state index contributed by atoms with van der Waals surface area (Å²) in [6.07, 6.45) is 0.933. The first-order valence-corrected chi connectivity index (χ1v) is 7.73. The molecule has 1 aliphatic rings. The van der Waals surface area contributed by atoms with Gasteiger partial charge in [-0.3, -0.25) is 4.79 Å². The molecule has 0 saturated heterocycles. The van der Waals surface area contributed by atoms with Crippen LogP contribution in [0.25, 0.3) is 0 Å². The average molecular weight is 312 g/mol. The highest BCUT2D eigenvalue weighted by molar-refractivity contribution is 5.81. The number of aryl methyl sites for hydroxylation is 1. The van der Waals surface area contributed by atoms with Gasteiger partial charge in [0.25, 0.3) is 0 Å². The van der Waals surface area contributed by atoms with Crippen LogP contribution in [-0.4, -0.2) is 19.2 Å². The zero-order valence-corrected chi connectivity index (χ0v) is 13.1. The van der Waals surface area contributed by atoms with Gasteiger partial charge < -0.3 is 20.1 Å². The number of nitrogens with one attached hydrogen (secondary N) is 2. The number of benzene rings is 2. The van der Waals surface area contributed by atoms with Crippen LogP contribution in [0.2, 0.25) is 0 Å². The van der Waals surface area contributed by atoms with E-state index in [0.29, 0.717) is 6.54 Å². The van der Waals surface area contributed by atoms with E-state index in [0.717, 1.165) is 29.2 Å². The van der Waals surface area contributed by atoms with Gasteiger partial charge in [0, 0.05) is 12.2 Å². The SMILES string of the molecule is CCc1ccccc1NCC(=O)NCc1ccc2c(c1)OCO2. The van der Waals surface area contributed by atoms with Gasteiger partial charge in [0.1, 0.15) is 0 Å². The summed E-state index contributed by atoms with van der Waals surface area (Å²) in [5, 5.41) is 6.09. The molecular formula is C18H20N2O3. The average Bonchev–Trinajstić information content (AvgIpc) is 3.06. The molecule has 0 unspecified atom stereocenters. The smallest absolute Gasteiger partial charge is 0.239 e. The summed E-state index contributed by atoms with van der Waals surface area (Å²) in [6, 6.07) is 13.7. The lowest BCUT2D eigenvalue weighted by Crippen LogP contribution is -2.29. The third-order valence-corrected chi connectivity index (χ3v) is 3.76.